The number of benzene rings is 1. The molecule has 0 radical (unpaired) electrons. The minimum Gasteiger partial charge on any atom is -0.496 e. The molecule has 0 bridgehead atoms. The molecule has 0 aliphatic heterocycles. The average Bonchev–Trinajstić information content (AvgIpc) is 2.27. The first-order valence-corrected chi connectivity index (χ1v) is 4.92. The Bertz CT molecular complexity index is 378. The van der Waals surface area contributed by atoms with Gasteiger partial charge in [0.1, 0.15) is 5.75 Å². The monoisotopic (exact) mass is 187 g/mol. The minimum atomic E-state index is 0.0637. The maximum absolute atomic E-state index is 9.01. The Morgan fingerprint density at radius 2 is 2.36 bits per heavy atom. The lowest BCUT2D eigenvalue weighted by atomic mass is 9.83. The number of fused-ring (bicyclic) bond motifs is 1. The zero-order valence-corrected chi connectivity index (χ0v) is 8.29. The molecule has 0 spiro atoms. The highest BCUT2D eigenvalue weighted by molar-refractivity contribution is 5.45. The Morgan fingerprint density at radius 1 is 1.50 bits per heavy atom. The van der Waals surface area contributed by atoms with Crippen LogP contribution in [0.1, 0.15) is 29.9 Å². The van der Waals surface area contributed by atoms with Gasteiger partial charge < -0.3 is 4.74 Å². The predicted octanol–water partition coefficient (Wildman–Crippen LogP) is 2.64. The van der Waals surface area contributed by atoms with Crippen LogP contribution in [-0.2, 0) is 6.42 Å². The van der Waals surface area contributed by atoms with Gasteiger partial charge >= 0.3 is 0 Å². The fraction of sp³-hybridized carbons (Fsp3) is 0.417. The molecule has 1 atom stereocenters. The van der Waals surface area contributed by atoms with Gasteiger partial charge in [-0.1, -0.05) is 12.1 Å². The zero-order valence-electron chi connectivity index (χ0n) is 8.29. The second-order valence-corrected chi connectivity index (χ2v) is 3.60. The second-order valence-electron chi connectivity index (χ2n) is 3.60. The molecule has 0 heterocycles. The van der Waals surface area contributed by atoms with Gasteiger partial charge in [-0.2, -0.15) is 5.26 Å². The largest absolute Gasteiger partial charge is 0.496 e. The van der Waals surface area contributed by atoms with E-state index in [2.05, 4.69) is 6.07 Å². The molecule has 0 fully saturated rings. The number of rotatable bonds is 1. The van der Waals surface area contributed by atoms with Gasteiger partial charge in [-0.05, 0) is 36.5 Å². The van der Waals surface area contributed by atoms with Crippen LogP contribution in [0, 0.1) is 11.3 Å². The summed E-state index contributed by atoms with van der Waals surface area (Å²) in [5.74, 6) is 0.997. The summed E-state index contributed by atoms with van der Waals surface area (Å²) in [6, 6.07) is 8.34. The number of nitrogens with zero attached hydrogens (tertiary/aromatic N) is 1. The van der Waals surface area contributed by atoms with Crippen molar-refractivity contribution >= 4 is 0 Å². The van der Waals surface area contributed by atoms with Crippen molar-refractivity contribution in [3.05, 3.63) is 29.3 Å². The van der Waals surface area contributed by atoms with Crippen LogP contribution in [0.2, 0.25) is 0 Å². The molecule has 2 heteroatoms. The first kappa shape index (κ1) is 9.08. The molecule has 0 saturated carbocycles. The maximum atomic E-state index is 9.01. The number of hydrogen-bond acceptors (Lipinski definition) is 2. The van der Waals surface area contributed by atoms with E-state index in [0.717, 1.165) is 30.6 Å². The van der Waals surface area contributed by atoms with Crippen LogP contribution < -0.4 is 4.74 Å². The van der Waals surface area contributed by atoms with E-state index >= 15 is 0 Å². The van der Waals surface area contributed by atoms with Crippen molar-refractivity contribution in [2.45, 2.75) is 25.2 Å². The quantitative estimate of drug-likeness (QED) is 0.677. The zero-order chi connectivity index (χ0) is 9.97. The van der Waals surface area contributed by atoms with Crippen molar-refractivity contribution in [2.75, 3.05) is 7.11 Å². The topological polar surface area (TPSA) is 33.0 Å². The molecule has 0 aromatic heterocycles. The highest BCUT2D eigenvalue weighted by Crippen LogP contribution is 2.35. The number of nitriles is 1. The molecule has 2 rings (SSSR count). The summed E-state index contributed by atoms with van der Waals surface area (Å²) in [5.41, 5.74) is 2.39. The molecule has 1 unspecified atom stereocenters. The van der Waals surface area contributed by atoms with Crippen LogP contribution in [0.4, 0.5) is 0 Å². The van der Waals surface area contributed by atoms with Crippen LogP contribution >= 0.6 is 0 Å². The SMILES string of the molecule is COc1cccc2c1CCCC2C#N. The van der Waals surface area contributed by atoms with E-state index in [1.165, 1.54) is 5.56 Å². The Labute approximate surface area is 84.1 Å². The highest BCUT2D eigenvalue weighted by atomic mass is 16.5. The molecule has 2 nitrogen and oxygen atoms in total. The standard InChI is InChI=1S/C12H13NO/c1-14-12-7-3-5-10-9(8-13)4-2-6-11(10)12/h3,5,7,9H,2,4,6H2,1H3. The molecular formula is C12H13NO. The molecule has 0 N–H and O–H groups in total. The Balaban J connectivity index is 2.50. The summed E-state index contributed by atoms with van der Waals surface area (Å²) in [7, 11) is 1.69. The van der Waals surface area contributed by atoms with Gasteiger partial charge in [0.25, 0.3) is 0 Å². The van der Waals surface area contributed by atoms with Crippen LogP contribution in [0.15, 0.2) is 18.2 Å². The van der Waals surface area contributed by atoms with Gasteiger partial charge in [-0.25, -0.2) is 0 Å². The Hall–Kier alpha value is -1.49. The third kappa shape index (κ3) is 1.35. The van der Waals surface area contributed by atoms with Gasteiger partial charge in [0.15, 0.2) is 0 Å². The number of methoxy groups -OCH3 is 1. The molecule has 1 aromatic carbocycles. The van der Waals surface area contributed by atoms with Crippen molar-refractivity contribution in [3.63, 3.8) is 0 Å². The number of hydrogen-bond donors (Lipinski definition) is 0. The lowest BCUT2D eigenvalue weighted by Crippen LogP contribution is -2.09. The van der Waals surface area contributed by atoms with E-state index in [-0.39, 0.29) is 5.92 Å². The molecule has 0 amide bonds. The summed E-state index contributed by atoms with van der Waals surface area (Å²) >= 11 is 0. The summed E-state index contributed by atoms with van der Waals surface area (Å²) in [5, 5.41) is 9.01. The average molecular weight is 187 g/mol. The fourth-order valence-electron chi connectivity index (χ4n) is 2.14. The lowest BCUT2D eigenvalue weighted by Gasteiger charge is -2.22. The third-order valence-corrected chi connectivity index (χ3v) is 2.84. The van der Waals surface area contributed by atoms with Gasteiger partial charge in [-0.15, -0.1) is 0 Å². The van der Waals surface area contributed by atoms with Crippen molar-refractivity contribution < 1.29 is 4.74 Å². The van der Waals surface area contributed by atoms with Gasteiger partial charge in [-0.3, -0.25) is 0 Å². The van der Waals surface area contributed by atoms with E-state index in [1.807, 2.05) is 18.2 Å². The van der Waals surface area contributed by atoms with Crippen LogP contribution in [0.3, 0.4) is 0 Å². The van der Waals surface area contributed by atoms with Gasteiger partial charge in [0.2, 0.25) is 0 Å². The Morgan fingerprint density at radius 3 is 3.07 bits per heavy atom. The summed E-state index contributed by atoms with van der Waals surface area (Å²) < 4.78 is 5.30. The van der Waals surface area contributed by atoms with Crippen molar-refractivity contribution in [1.29, 1.82) is 5.26 Å². The molecule has 1 aromatic rings. The van der Waals surface area contributed by atoms with E-state index < -0.39 is 0 Å². The molecule has 72 valence electrons. The van der Waals surface area contributed by atoms with Crippen LogP contribution in [-0.4, -0.2) is 7.11 Å². The van der Waals surface area contributed by atoms with E-state index in [0.29, 0.717) is 0 Å². The lowest BCUT2D eigenvalue weighted by molar-refractivity contribution is 0.405. The van der Waals surface area contributed by atoms with E-state index in [4.69, 9.17) is 10.00 Å². The molecule has 0 saturated heterocycles. The second kappa shape index (κ2) is 3.71. The van der Waals surface area contributed by atoms with E-state index in [1.54, 1.807) is 7.11 Å². The third-order valence-electron chi connectivity index (χ3n) is 2.84. The summed E-state index contributed by atoms with van der Waals surface area (Å²) in [4.78, 5) is 0. The first-order chi connectivity index (χ1) is 6.86. The molecule has 1 aliphatic carbocycles. The van der Waals surface area contributed by atoms with Crippen LogP contribution in [0.25, 0.3) is 0 Å². The predicted molar refractivity (Wildman–Crippen MR) is 54.3 cm³/mol. The smallest absolute Gasteiger partial charge is 0.122 e. The van der Waals surface area contributed by atoms with Gasteiger partial charge in [0.05, 0.1) is 19.1 Å². The highest BCUT2D eigenvalue weighted by Gasteiger charge is 2.21. The van der Waals surface area contributed by atoms with Crippen LogP contribution in [0.5, 0.6) is 5.75 Å². The summed E-state index contributed by atoms with van der Waals surface area (Å²) in [6.07, 6.45) is 3.11. The molecule has 1 aliphatic rings. The van der Waals surface area contributed by atoms with Gasteiger partial charge in [0, 0.05) is 0 Å². The van der Waals surface area contributed by atoms with Crippen molar-refractivity contribution in [1.82, 2.24) is 0 Å². The molecule has 14 heavy (non-hydrogen) atoms. The number of ether oxygens (including phenoxy) is 1. The maximum Gasteiger partial charge on any atom is 0.122 e. The minimum absolute atomic E-state index is 0.0637. The van der Waals surface area contributed by atoms with Crippen molar-refractivity contribution in [2.24, 2.45) is 0 Å². The normalized spacial score (nSPS) is 19.6. The molecular weight excluding hydrogens is 174 g/mol. The first-order valence-electron chi connectivity index (χ1n) is 4.92. The van der Waals surface area contributed by atoms with Crippen molar-refractivity contribution in [3.8, 4) is 11.8 Å². The fourth-order valence-corrected chi connectivity index (χ4v) is 2.14. The van der Waals surface area contributed by atoms with E-state index in [9.17, 15) is 0 Å². The summed E-state index contributed by atoms with van der Waals surface area (Å²) in [6.45, 7) is 0. The Kier molecular flexibility index (Phi) is 2.41.